The van der Waals surface area contributed by atoms with E-state index in [1.54, 1.807) is 37.3 Å². The van der Waals surface area contributed by atoms with Crippen LogP contribution in [0.4, 0.5) is 0 Å². The smallest absolute Gasteiger partial charge is 0.305 e. The van der Waals surface area contributed by atoms with Crippen LogP contribution in [0.15, 0.2) is 45.8 Å². The number of benzene rings is 1. The number of hydrogen-bond donors (Lipinski definition) is 3. The number of hydrogen-bond acceptors (Lipinski definition) is 5. The average molecular weight is 312 g/mol. The molecule has 0 aliphatic rings. The van der Waals surface area contributed by atoms with Gasteiger partial charge in [-0.1, -0.05) is 18.2 Å². The summed E-state index contributed by atoms with van der Waals surface area (Å²) < 4.78 is 5.02. The van der Waals surface area contributed by atoms with Crippen molar-refractivity contribution in [3.63, 3.8) is 0 Å². The van der Waals surface area contributed by atoms with E-state index in [1.165, 1.54) is 6.26 Å². The van der Waals surface area contributed by atoms with Gasteiger partial charge < -0.3 is 4.42 Å². The predicted molar refractivity (Wildman–Crippen MR) is 80.7 cm³/mol. The number of H-pyrrole nitrogens is 1. The maximum atomic E-state index is 12.2. The first kappa shape index (κ1) is 14.5. The van der Waals surface area contributed by atoms with Gasteiger partial charge in [-0.25, -0.2) is 5.10 Å². The topological polar surface area (TPSA) is 117 Å². The molecule has 2 aromatic heterocycles. The highest BCUT2D eigenvalue weighted by molar-refractivity contribution is 6.05. The van der Waals surface area contributed by atoms with Gasteiger partial charge in [0.25, 0.3) is 11.5 Å². The van der Waals surface area contributed by atoms with E-state index in [0.29, 0.717) is 16.3 Å². The van der Waals surface area contributed by atoms with Gasteiger partial charge in [-0.3, -0.25) is 25.2 Å². The molecule has 0 saturated carbocycles. The zero-order valence-corrected chi connectivity index (χ0v) is 12.0. The number of amides is 2. The minimum Gasteiger partial charge on any atom is -0.459 e. The lowest BCUT2D eigenvalue weighted by molar-refractivity contribution is 0.0828. The molecule has 2 amide bonds. The lowest BCUT2D eigenvalue weighted by Crippen LogP contribution is -2.42. The fraction of sp³-hybridized carbons (Fsp3) is 0.0667. The number of nitrogens with zero attached hydrogens (tertiary/aromatic N) is 1. The van der Waals surface area contributed by atoms with Crippen LogP contribution in [0.25, 0.3) is 10.8 Å². The molecule has 0 aliphatic carbocycles. The van der Waals surface area contributed by atoms with Crippen LogP contribution in [0.5, 0.6) is 0 Å². The van der Waals surface area contributed by atoms with Gasteiger partial charge in [0.2, 0.25) is 0 Å². The van der Waals surface area contributed by atoms with Crippen LogP contribution in [0, 0.1) is 6.92 Å². The molecule has 8 heteroatoms. The Balaban J connectivity index is 1.82. The summed E-state index contributed by atoms with van der Waals surface area (Å²) in [6.45, 7) is 1.71. The van der Waals surface area contributed by atoms with Crippen LogP contribution in [-0.2, 0) is 0 Å². The van der Waals surface area contributed by atoms with E-state index >= 15 is 0 Å². The van der Waals surface area contributed by atoms with Gasteiger partial charge in [0.1, 0.15) is 0 Å². The van der Waals surface area contributed by atoms with Gasteiger partial charge >= 0.3 is 5.91 Å². The second-order valence-corrected chi connectivity index (χ2v) is 4.79. The second kappa shape index (κ2) is 5.76. The van der Waals surface area contributed by atoms with Gasteiger partial charge in [0, 0.05) is 10.9 Å². The quantitative estimate of drug-likeness (QED) is 0.608. The summed E-state index contributed by atoms with van der Waals surface area (Å²) >= 11 is 0. The Bertz CT molecular complexity index is 957. The van der Waals surface area contributed by atoms with Crippen molar-refractivity contribution < 1.29 is 14.0 Å². The molecule has 3 N–H and O–H groups in total. The van der Waals surface area contributed by atoms with Crippen LogP contribution in [0.2, 0.25) is 0 Å². The van der Waals surface area contributed by atoms with E-state index in [-0.39, 0.29) is 11.5 Å². The van der Waals surface area contributed by atoms with Gasteiger partial charge in [-0.2, -0.15) is 5.10 Å². The molecule has 0 unspecified atom stereocenters. The Kier molecular flexibility index (Phi) is 3.63. The molecule has 1 aromatic carbocycles. The molecule has 3 rings (SSSR count). The Morgan fingerprint density at radius 2 is 1.78 bits per heavy atom. The van der Waals surface area contributed by atoms with Crippen LogP contribution in [0.1, 0.15) is 26.6 Å². The van der Waals surface area contributed by atoms with E-state index in [1.807, 2.05) is 0 Å². The summed E-state index contributed by atoms with van der Waals surface area (Å²) in [5.74, 6) is -1.14. The molecule has 0 radical (unpaired) electrons. The maximum Gasteiger partial charge on any atom is 0.305 e. The summed E-state index contributed by atoms with van der Waals surface area (Å²) in [5.41, 5.74) is 4.73. The summed E-state index contributed by atoms with van der Waals surface area (Å²) in [4.78, 5) is 35.8. The number of hydrazine groups is 1. The summed E-state index contributed by atoms with van der Waals surface area (Å²) in [6.07, 6.45) is 1.38. The molecular formula is C15H12N4O4. The van der Waals surface area contributed by atoms with Crippen LogP contribution >= 0.6 is 0 Å². The molecule has 2 heterocycles. The lowest BCUT2D eigenvalue weighted by atomic mass is 10.1. The molecule has 116 valence electrons. The monoisotopic (exact) mass is 312 g/mol. The maximum absolute atomic E-state index is 12.2. The number of rotatable bonds is 2. The van der Waals surface area contributed by atoms with E-state index in [9.17, 15) is 14.4 Å². The third-order valence-corrected chi connectivity index (χ3v) is 3.27. The van der Waals surface area contributed by atoms with Gasteiger partial charge in [0.15, 0.2) is 11.5 Å². The zero-order chi connectivity index (χ0) is 16.4. The molecule has 0 saturated heterocycles. The molecule has 0 atom stereocenters. The summed E-state index contributed by atoms with van der Waals surface area (Å²) in [6, 6.07) is 8.18. The summed E-state index contributed by atoms with van der Waals surface area (Å²) in [5, 5.41) is 6.71. The normalized spacial score (nSPS) is 10.5. The Morgan fingerprint density at radius 1 is 1.09 bits per heavy atom. The van der Waals surface area contributed by atoms with Crippen LogP contribution in [0.3, 0.4) is 0 Å². The van der Waals surface area contributed by atoms with Crippen molar-refractivity contribution in [2.75, 3.05) is 0 Å². The Hall–Kier alpha value is -3.42. The van der Waals surface area contributed by atoms with E-state index in [0.717, 1.165) is 0 Å². The largest absolute Gasteiger partial charge is 0.459 e. The van der Waals surface area contributed by atoms with Crippen molar-refractivity contribution in [2.45, 2.75) is 6.92 Å². The number of aromatic amines is 1. The first-order valence-electron chi connectivity index (χ1n) is 6.70. The molecule has 23 heavy (non-hydrogen) atoms. The number of aromatic nitrogens is 2. The Labute approximate surface area is 129 Å². The highest BCUT2D eigenvalue weighted by atomic mass is 16.3. The molecule has 3 aromatic rings. The molecule has 0 spiro atoms. The number of aryl methyl sites for hydroxylation is 1. The Morgan fingerprint density at radius 3 is 2.48 bits per heavy atom. The molecule has 0 aliphatic heterocycles. The molecular weight excluding hydrogens is 300 g/mol. The summed E-state index contributed by atoms with van der Waals surface area (Å²) in [7, 11) is 0. The SMILES string of the molecule is Cc1ccoc1C(=O)NNC(=O)c1n[nH]c(=O)c2ccccc12. The molecule has 0 fully saturated rings. The van der Waals surface area contributed by atoms with Gasteiger partial charge in [0.05, 0.1) is 11.6 Å². The van der Waals surface area contributed by atoms with Gasteiger partial charge in [-0.05, 0) is 19.1 Å². The second-order valence-electron chi connectivity index (χ2n) is 4.79. The number of carbonyl (C=O) groups is 2. The zero-order valence-electron chi connectivity index (χ0n) is 12.0. The third-order valence-electron chi connectivity index (χ3n) is 3.27. The molecule has 0 bridgehead atoms. The van der Waals surface area contributed by atoms with Crippen molar-refractivity contribution in [3.8, 4) is 0 Å². The van der Waals surface area contributed by atoms with Gasteiger partial charge in [-0.15, -0.1) is 0 Å². The van der Waals surface area contributed by atoms with Crippen molar-refractivity contribution in [1.29, 1.82) is 0 Å². The van der Waals surface area contributed by atoms with E-state index < -0.39 is 17.4 Å². The van der Waals surface area contributed by atoms with Crippen molar-refractivity contribution >= 4 is 22.6 Å². The standard InChI is InChI=1S/C15H12N4O4/c1-8-6-7-23-12(8)15(22)19-18-14(21)11-9-4-2-3-5-10(9)13(20)17-16-11/h2-7H,1H3,(H,17,20)(H,18,21)(H,19,22). The number of furan rings is 1. The minimum atomic E-state index is -0.657. The number of carbonyl (C=O) groups excluding carboxylic acids is 2. The predicted octanol–water partition coefficient (Wildman–Crippen LogP) is 0.899. The van der Waals surface area contributed by atoms with Crippen molar-refractivity contribution in [1.82, 2.24) is 21.0 Å². The van der Waals surface area contributed by atoms with Crippen LogP contribution in [-0.4, -0.2) is 22.0 Å². The minimum absolute atomic E-state index is 0.00309. The van der Waals surface area contributed by atoms with E-state index in [2.05, 4.69) is 21.0 Å². The number of nitrogens with one attached hydrogen (secondary N) is 3. The lowest BCUT2D eigenvalue weighted by Gasteiger charge is -2.07. The van der Waals surface area contributed by atoms with Crippen molar-refractivity contribution in [2.24, 2.45) is 0 Å². The van der Waals surface area contributed by atoms with Crippen LogP contribution < -0.4 is 16.4 Å². The fourth-order valence-electron chi connectivity index (χ4n) is 2.12. The highest BCUT2D eigenvalue weighted by Crippen LogP contribution is 2.12. The number of fused-ring (bicyclic) bond motifs is 1. The van der Waals surface area contributed by atoms with Crippen molar-refractivity contribution in [3.05, 3.63) is 64.0 Å². The highest BCUT2D eigenvalue weighted by Gasteiger charge is 2.17. The third kappa shape index (κ3) is 2.69. The first-order chi connectivity index (χ1) is 11.1. The average Bonchev–Trinajstić information content (AvgIpc) is 2.99. The molecule has 8 nitrogen and oxygen atoms in total. The first-order valence-corrected chi connectivity index (χ1v) is 6.70. The fourth-order valence-corrected chi connectivity index (χ4v) is 2.12. The van der Waals surface area contributed by atoms with E-state index in [4.69, 9.17) is 4.42 Å².